The Labute approximate surface area is 163 Å². The average molecular weight is 375 g/mol. The summed E-state index contributed by atoms with van der Waals surface area (Å²) < 4.78 is 5.73. The Kier molecular flexibility index (Phi) is 6.41. The van der Waals surface area contributed by atoms with E-state index in [1.165, 1.54) is 0 Å². The summed E-state index contributed by atoms with van der Waals surface area (Å²) in [6, 6.07) is 24.0. The molecule has 1 amide bonds. The summed E-state index contributed by atoms with van der Waals surface area (Å²) in [4.78, 5) is 22.9. The minimum absolute atomic E-state index is 0.00886. The third-order valence-corrected chi connectivity index (χ3v) is 4.20. The fourth-order valence-corrected chi connectivity index (χ4v) is 2.68. The van der Waals surface area contributed by atoms with E-state index in [1.807, 2.05) is 42.5 Å². The van der Waals surface area contributed by atoms with E-state index in [1.54, 1.807) is 36.4 Å². The summed E-state index contributed by atoms with van der Waals surface area (Å²) in [6.07, 6.45) is 0.00886. The Morgan fingerprint density at radius 1 is 0.786 bits per heavy atom. The number of carbonyl (C=O) groups is 2. The predicted molar refractivity (Wildman–Crippen MR) is 106 cm³/mol. The van der Waals surface area contributed by atoms with Crippen LogP contribution in [0.2, 0.25) is 0 Å². The molecule has 3 aromatic carbocycles. The first-order valence-electron chi connectivity index (χ1n) is 8.95. The van der Waals surface area contributed by atoms with Crippen molar-refractivity contribution in [2.24, 2.45) is 0 Å². The first-order chi connectivity index (χ1) is 13.6. The third kappa shape index (κ3) is 5.71. The zero-order valence-corrected chi connectivity index (χ0v) is 15.3. The lowest BCUT2D eigenvalue weighted by atomic mass is 10.1. The molecule has 0 radical (unpaired) electrons. The summed E-state index contributed by atoms with van der Waals surface area (Å²) in [7, 11) is 0. The Morgan fingerprint density at radius 3 is 2.07 bits per heavy atom. The van der Waals surface area contributed by atoms with Crippen LogP contribution in [0, 0.1) is 0 Å². The minimum Gasteiger partial charge on any atom is -0.489 e. The maximum absolute atomic E-state index is 12.2. The van der Waals surface area contributed by atoms with E-state index >= 15 is 0 Å². The van der Waals surface area contributed by atoms with E-state index in [2.05, 4.69) is 5.32 Å². The number of hydrogen-bond acceptors (Lipinski definition) is 3. The zero-order valence-electron chi connectivity index (χ0n) is 15.3. The number of benzene rings is 3. The maximum atomic E-state index is 12.2. The van der Waals surface area contributed by atoms with Crippen molar-refractivity contribution in [1.29, 1.82) is 0 Å². The molecule has 5 nitrogen and oxygen atoms in total. The number of hydrogen-bond donors (Lipinski definition) is 2. The highest BCUT2D eigenvalue weighted by Crippen LogP contribution is 2.15. The van der Waals surface area contributed by atoms with Gasteiger partial charge in [-0.2, -0.15) is 0 Å². The molecule has 3 rings (SSSR count). The van der Waals surface area contributed by atoms with Gasteiger partial charge in [-0.1, -0.05) is 54.6 Å². The molecule has 0 bridgehead atoms. The van der Waals surface area contributed by atoms with Crippen molar-refractivity contribution in [2.75, 3.05) is 0 Å². The van der Waals surface area contributed by atoms with Crippen molar-refractivity contribution < 1.29 is 19.4 Å². The molecule has 0 saturated carbocycles. The van der Waals surface area contributed by atoms with E-state index in [0.717, 1.165) is 16.7 Å². The van der Waals surface area contributed by atoms with Crippen LogP contribution in [-0.2, 0) is 24.4 Å². The number of amides is 1. The van der Waals surface area contributed by atoms with Gasteiger partial charge in [0, 0.05) is 12.1 Å². The lowest BCUT2D eigenvalue weighted by Crippen LogP contribution is -2.22. The van der Waals surface area contributed by atoms with Crippen LogP contribution in [0.25, 0.3) is 0 Å². The Balaban J connectivity index is 1.50. The molecule has 0 fully saturated rings. The van der Waals surface area contributed by atoms with Gasteiger partial charge >= 0.3 is 5.97 Å². The highest BCUT2D eigenvalue weighted by atomic mass is 16.5. The van der Waals surface area contributed by atoms with Crippen LogP contribution in [0.1, 0.15) is 27.0 Å². The van der Waals surface area contributed by atoms with Crippen molar-refractivity contribution in [2.45, 2.75) is 19.6 Å². The fourth-order valence-electron chi connectivity index (χ4n) is 2.68. The molecule has 0 aliphatic carbocycles. The molecule has 2 N–H and O–H groups in total. The zero-order chi connectivity index (χ0) is 19.8. The highest BCUT2D eigenvalue weighted by Gasteiger charge is 2.06. The van der Waals surface area contributed by atoms with Gasteiger partial charge in [0.05, 0.1) is 6.42 Å². The molecule has 0 aromatic heterocycles. The van der Waals surface area contributed by atoms with Crippen LogP contribution in [0.4, 0.5) is 0 Å². The summed E-state index contributed by atoms with van der Waals surface area (Å²) in [5, 5.41) is 11.7. The van der Waals surface area contributed by atoms with Crippen LogP contribution < -0.4 is 10.1 Å². The molecule has 5 heteroatoms. The van der Waals surface area contributed by atoms with Gasteiger partial charge in [0.2, 0.25) is 0 Å². The van der Waals surface area contributed by atoms with Gasteiger partial charge < -0.3 is 15.2 Å². The molecule has 0 atom stereocenters. The lowest BCUT2D eigenvalue weighted by molar-refractivity contribution is -0.136. The maximum Gasteiger partial charge on any atom is 0.307 e. The molecule has 28 heavy (non-hydrogen) atoms. The van der Waals surface area contributed by atoms with Crippen molar-refractivity contribution in [1.82, 2.24) is 5.32 Å². The number of nitrogens with one attached hydrogen (secondary N) is 1. The summed E-state index contributed by atoms with van der Waals surface area (Å²) >= 11 is 0. The molecule has 0 aliphatic heterocycles. The molecule has 0 aliphatic rings. The van der Waals surface area contributed by atoms with Gasteiger partial charge in [-0.15, -0.1) is 0 Å². The van der Waals surface area contributed by atoms with Crippen LogP contribution >= 0.6 is 0 Å². The third-order valence-electron chi connectivity index (χ3n) is 4.20. The molecule has 0 heterocycles. The van der Waals surface area contributed by atoms with Crippen molar-refractivity contribution in [3.63, 3.8) is 0 Å². The quantitative estimate of drug-likeness (QED) is 0.628. The standard InChI is InChI=1S/C23H21NO4/c25-22(26)14-17-6-8-19(9-7-17)16-28-21-12-10-20(11-13-21)23(27)24-15-18-4-2-1-3-5-18/h1-13H,14-16H2,(H,24,27)(H,25,26). The first kappa shape index (κ1) is 19.2. The number of ether oxygens (including phenoxy) is 1. The number of carboxylic acid groups (broad SMARTS) is 1. The van der Waals surface area contributed by atoms with E-state index in [0.29, 0.717) is 24.5 Å². The first-order valence-corrected chi connectivity index (χ1v) is 8.95. The summed E-state index contributed by atoms with van der Waals surface area (Å²) in [5.41, 5.74) is 3.31. The van der Waals surface area contributed by atoms with E-state index in [4.69, 9.17) is 9.84 Å². The van der Waals surface area contributed by atoms with E-state index in [9.17, 15) is 9.59 Å². The van der Waals surface area contributed by atoms with Gasteiger partial charge in [0.25, 0.3) is 5.91 Å². The van der Waals surface area contributed by atoms with Crippen molar-refractivity contribution in [3.8, 4) is 5.75 Å². The molecule has 142 valence electrons. The smallest absolute Gasteiger partial charge is 0.307 e. The second kappa shape index (κ2) is 9.37. The van der Waals surface area contributed by atoms with Crippen LogP contribution in [-0.4, -0.2) is 17.0 Å². The summed E-state index contributed by atoms with van der Waals surface area (Å²) in [5.74, 6) is -0.324. The fraction of sp³-hybridized carbons (Fsp3) is 0.130. The molecule has 0 spiro atoms. The molecule has 0 unspecified atom stereocenters. The van der Waals surface area contributed by atoms with Gasteiger partial charge in [-0.3, -0.25) is 9.59 Å². The van der Waals surface area contributed by atoms with Crippen LogP contribution in [0.3, 0.4) is 0 Å². The number of carboxylic acids is 1. The second-order valence-corrected chi connectivity index (χ2v) is 6.37. The lowest BCUT2D eigenvalue weighted by Gasteiger charge is -2.09. The van der Waals surface area contributed by atoms with Crippen LogP contribution in [0.5, 0.6) is 5.75 Å². The SMILES string of the molecule is O=C(O)Cc1ccc(COc2ccc(C(=O)NCc3ccccc3)cc2)cc1. The number of rotatable bonds is 8. The van der Waals surface area contributed by atoms with Gasteiger partial charge in [-0.05, 0) is 41.0 Å². The van der Waals surface area contributed by atoms with E-state index < -0.39 is 5.97 Å². The summed E-state index contributed by atoms with van der Waals surface area (Å²) in [6.45, 7) is 0.850. The normalized spacial score (nSPS) is 10.3. The Hall–Kier alpha value is -3.60. The highest BCUT2D eigenvalue weighted by molar-refractivity contribution is 5.94. The van der Waals surface area contributed by atoms with Gasteiger partial charge in [0.15, 0.2) is 0 Å². The minimum atomic E-state index is -0.850. The molecule has 3 aromatic rings. The second-order valence-electron chi connectivity index (χ2n) is 6.37. The predicted octanol–water partition coefficient (Wildman–Crippen LogP) is 3.82. The van der Waals surface area contributed by atoms with Crippen molar-refractivity contribution >= 4 is 11.9 Å². The molecular formula is C23H21NO4. The number of carbonyl (C=O) groups excluding carboxylic acids is 1. The topological polar surface area (TPSA) is 75.6 Å². The van der Waals surface area contributed by atoms with Gasteiger partial charge in [0.1, 0.15) is 12.4 Å². The van der Waals surface area contributed by atoms with Crippen LogP contribution in [0.15, 0.2) is 78.9 Å². The molecular weight excluding hydrogens is 354 g/mol. The number of aliphatic carboxylic acids is 1. The van der Waals surface area contributed by atoms with Gasteiger partial charge in [-0.25, -0.2) is 0 Å². The largest absolute Gasteiger partial charge is 0.489 e. The Bertz CT molecular complexity index is 919. The monoisotopic (exact) mass is 375 g/mol. The molecule has 0 saturated heterocycles. The average Bonchev–Trinajstić information content (AvgIpc) is 2.72. The van der Waals surface area contributed by atoms with E-state index in [-0.39, 0.29) is 12.3 Å². The Morgan fingerprint density at radius 2 is 1.43 bits per heavy atom. The van der Waals surface area contributed by atoms with Crippen molar-refractivity contribution in [3.05, 3.63) is 101 Å².